The fraction of sp³-hybridized carbons (Fsp3) is 0.125. The van der Waals surface area contributed by atoms with Crippen LogP contribution in [0.2, 0.25) is 5.02 Å². The summed E-state index contributed by atoms with van der Waals surface area (Å²) in [6.07, 6.45) is 4.56. The third-order valence-corrected chi connectivity index (χ3v) is 5.66. The molecular formula is C24H21ClN6O2. The van der Waals surface area contributed by atoms with Crippen LogP contribution >= 0.6 is 11.6 Å². The standard InChI is InChI=1S/C24H21ClN6O2/c1-16-7-9-18(13-20(16)22-6-4-5-11-26-22)29(2)24(33)19-10-8-17(12-21(19)25)23(32)30(3)31-14-27-28-15-31/h4-15H,1-3H3. The third-order valence-electron chi connectivity index (χ3n) is 5.35. The van der Waals surface area contributed by atoms with Gasteiger partial charge in [0, 0.05) is 37.1 Å². The highest BCUT2D eigenvalue weighted by molar-refractivity contribution is 6.35. The lowest BCUT2D eigenvalue weighted by atomic mass is 10.0. The smallest absolute Gasteiger partial charge is 0.272 e. The first-order valence-corrected chi connectivity index (χ1v) is 10.5. The summed E-state index contributed by atoms with van der Waals surface area (Å²) in [5, 5.41) is 8.91. The monoisotopic (exact) mass is 460 g/mol. The molecule has 2 heterocycles. The van der Waals surface area contributed by atoms with Crippen molar-refractivity contribution in [1.82, 2.24) is 19.9 Å². The fourth-order valence-electron chi connectivity index (χ4n) is 3.38. The molecule has 166 valence electrons. The maximum absolute atomic E-state index is 13.2. The summed E-state index contributed by atoms with van der Waals surface area (Å²) in [4.78, 5) is 31.9. The van der Waals surface area contributed by atoms with Gasteiger partial charge in [0.15, 0.2) is 0 Å². The van der Waals surface area contributed by atoms with E-state index in [4.69, 9.17) is 11.6 Å². The Labute approximate surface area is 196 Å². The van der Waals surface area contributed by atoms with Crippen LogP contribution in [0.15, 0.2) is 73.4 Å². The first-order valence-electron chi connectivity index (χ1n) is 10.1. The summed E-state index contributed by atoms with van der Waals surface area (Å²) in [6.45, 7) is 2.00. The van der Waals surface area contributed by atoms with E-state index in [9.17, 15) is 9.59 Å². The van der Waals surface area contributed by atoms with Crippen LogP contribution in [-0.4, -0.2) is 45.8 Å². The largest absolute Gasteiger partial charge is 0.311 e. The molecule has 4 aromatic rings. The highest BCUT2D eigenvalue weighted by Gasteiger charge is 2.21. The molecule has 0 radical (unpaired) electrons. The number of carbonyl (C=O) groups is 2. The van der Waals surface area contributed by atoms with E-state index in [-0.39, 0.29) is 16.8 Å². The molecule has 0 fully saturated rings. The maximum Gasteiger partial charge on any atom is 0.272 e. The summed E-state index contributed by atoms with van der Waals surface area (Å²) in [6, 6.07) is 16.1. The second-order valence-corrected chi connectivity index (χ2v) is 7.85. The number of aromatic nitrogens is 4. The van der Waals surface area contributed by atoms with Crippen molar-refractivity contribution in [3.63, 3.8) is 0 Å². The topological polar surface area (TPSA) is 84.2 Å². The minimum Gasteiger partial charge on any atom is -0.311 e. The number of rotatable bonds is 5. The van der Waals surface area contributed by atoms with Crippen LogP contribution in [0.1, 0.15) is 26.3 Å². The number of pyridine rings is 1. The van der Waals surface area contributed by atoms with Crippen molar-refractivity contribution in [3.8, 4) is 11.3 Å². The number of hydrogen-bond donors (Lipinski definition) is 0. The predicted molar refractivity (Wildman–Crippen MR) is 127 cm³/mol. The minimum atomic E-state index is -0.317. The van der Waals surface area contributed by atoms with Crippen LogP contribution in [-0.2, 0) is 0 Å². The quantitative estimate of drug-likeness (QED) is 0.449. The van der Waals surface area contributed by atoms with E-state index in [1.165, 1.54) is 33.3 Å². The van der Waals surface area contributed by atoms with Crippen LogP contribution in [0.4, 0.5) is 5.69 Å². The van der Waals surface area contributed by atoms with Gasteiger partial charge in [0.05, 0.1) is 16.3 Å². The highest BCUT2D eigenvalue weighted by Crippen LogP contribution is 2.28. The summed E-state index contributed by atoms with van der Waals surface area (Å²) < 4.78 is 1.44. The van der Waals surface area contributed by atoms with Crippen LogP contribution < -0.4 is 9.91 Å². The number of hydrogen-bond acceptors (Lipinski definition) is 5. The first-order chi connectivity index (χ1) is 15.9. The molecule has 0 aliphatic carbocycles. The zero-order valence-electron chi connectivity index (χ0n) is 18.3. The molecule has 0 saturated carbocycles. The number of aryl methyl sites for hydroxylation is 1. The molecule has 9 heteroatoms. The number of anilines is 1. The summed E-state index contributed by atoms with van der Waals surface area (Å²) in [5.41, 5.74) is 4.16. The molecule has 33 heavy (non-hydrogen) atoms. The summed E-state index contributed by atoms with van der Waals surface area (Å²) in [7, 11) is 3.27. The number of halogens is 1. The Morgan fingerprint density at radius 1 is 0.939 bits per heavy atom. The Kier molecular flexibility index (Phi) is 6.19. The SMILES string of the molecule is Cc1ccc(N(C)C(=O)c2ccc(C(=O)N(C)n3cnnc3)cc2Cl)cc1-c1ccccn1. The zero-order chi connectivity index (χ0) is 23.5. The lowest BCUT2D eigenvalue weighted by molar-refractivity contribution is 0.0963. The van der Waals surface area contributed by atoms with Crippen molar-refractivity contribution >= 4 is 29.1 Å². The van der Waals surface area contributed by atoms with E-state index in [1.54, 1.807) is 32.4 Å². The van der Waals surface area contributed by atoms with E-state index >= 15 is 0 Å². The lowest BCUT2D eigenvalue weighted by Gasteiger charge is -2.21. The Balaban J connectivity index is 1.59. The molecular weight excluding hydrogens is 440 g/mol. The van der Waals surface area contributed by atoms with Gasteiger partial charge in [-0.1, -0.05) is 23.7 Å². The minimum absolute atomic E-state index is 0.187. The van der Waals surface area contributed by atoms with Crippen molar-refractivity contribution in [2.75, 3.05) is 24.0 Å². The van der Waals surface area contributed by atoms with Crippen molar-refractivity contribution < 1.29 is 9.59 Å². The van der Waals surface area contributed by atoms with Crippen LogP contribution in [0.3, 0.4) is 0 Å². The van der Waals surface area contributed by atoms with Gasteiger partial charge in [0.1, 0.15) is 12.7 Å². The Hall–Kier alpha value is -4.04. The lowest BCUT2D eigenvalue weighted by Crippen LogP contribution is -2.35. The van der Waals surface area contributed by atoms with Gasteiger partial charge in [0.25, 0.3) is 11.8 Å². The molecule has 0 aliphatic rings. The van der Waals surface area contributed by atoms with Crippen molar-refractivity contribution in [3.05, 3.63) is 95.2 Å². The molecule has 0 atom stereocenters. The van der Waals surface area contributed by atoms with Gasteiger partial charge < -0.3 is 4.90 Å². The van der Waals surface area contributed by atoms with Gasteiger partial charge in [-0.15, -0.1) is 10.2 Å². The Morgan fingerprint density at radius 3 is 2.36 bits per heavy atom. The van der Waals surface area contributed by atoms with Crippen LogP contribution in [0.25, 0.3) is 11.3 Å². The van der Waals surface area contributed by atoms with E-state index < -0.39 is 0 Å². The molecule has 0 spiro atoms. The fourth-order valence-corrected chi connectivity index (χ4v) is 3.64. The number of benzene rings is 2. The number of carbonyl (C=O) groups excluding carboxylic acids is 2. The van der Waals surface area contributed by atoms with E-state index in [0.717, 1.165) is 16.8 Å². The molecule has 4 rings (SSSR count). The Morgan fingerprint density at radius 2 is 1.70 bits per heavy atom. The van der Waals surface area contributed by atoms with Crippen molar-refractivity contribution in [2.45, 2.75) is 6.92 Å². The second-order valence-electron chi connectivity index (χ2n) is 7.44. The van der Waals surface area contributed by atoms with Gasteiger partial charge in [0.2, 0.25) is 0 Å². The third kappa shape index (κ3) is 4.47. The van der Waals surface area contributed by atoms with Gasteiger partial charge >= 0.3 is 0 Å². The molecule has 0 aliphatic heterocycles. The average Bonchev–Trinajstić information content (AvgIpc) is 3.38. The number of amides is 2. The van der Waals surface area contributed by atoms with E-state index in [1.807, 2.05) is 43.3 Å². The van der Waals surface area contributed by atoms with E-state index in [0.29, 0.717) is 16.8 Å². The zero-order valence-corrected chi connectivity index (χ0v) is 19.1. The first kappa shape index (κ1) is 22.2. The molecule has 0 N–H and O–H groups in total. The molecule has 2 aromatic carbocycles. The predicted octanol–water partition coefficient (Wildman–Crippen LogP) is 3.99. The van der Waals surface area contributed by atoms with Crippen molar-refractivity contribution in [1.29, 1.82) is 0 Å². The van der Waals surface area contributed by atoms with E-state index in [2.05, 4.69) is 15.2 Å². The normalized spacial score (nSPS) is 10.7. The van der Waals surface area contributed by atoms with Gasteiger partial charge in [-0.2, -0.15) is 0 Å². The summed E-state index contributed by atoms with van der Waals surface area (Å²) >= 11 is 6.42. The van der Waals surface area contributed by atoms with Gasteiger partial charge in [-0.25, -0.2) is 9.69 Å². The number of nitrogens with zero attached hydrogens (tertiary/aromatic N) is 6. The molecule has 0 bridgehead atoms. The van der Waals surface area contributed by atoms with Crippen LogP contribution in [0.5, 0.6) is 0 Å². The Bertz CT molecular complexity index is 1310. The van der Waals surface area contributed by atoms with Gasteiger partial charge in [-0.3, -0.25) is 14.6 Å². The van der Waals surface area contributed by atoms with Crippen LogP contribution in [0, 0.1) is 6.92 Å². The van der Waals surface area contributed by atoms with Crippen molar-refractivity contribution in [2.24, 2.45) is 0 Å². The highest BCUT2D eigenvalue weighted by atomic mass is 35.5. The summed E-state index contributed by atoms with van der Waals surface area (Å²) in [5.74, 6) is -0.607. The van der Waals surface area contributed by atoms with Gasteiger partial charge in [-0.05, 0) is 55.0 Å². The molecule has 8 nitrogen and oxygen atoms in total. The molecule has 0 unspecified atom stereocenters. The maximum atomic E-state index is 13.2. The molecule has 2 aromatic heterocycles. The average molecular weight is 461 g/mol. The second kappa shape index (κ2) is 9.22. The molecule has 0 saturated heterocycles. The molecule has 2 amide bonds.